The summed E-state index contributed by atoms with van der Waals surface area (Å²) in [6.07, 6.45) is 1.41. The summed E-state index contributed by atoms with van der Waals surface area (Å²) in [5.41, 5.74) is 4.76. The maximum atomic E-state index is 10.2. The predicted molar refractivity (Wildman–Crippen MR) is 96.8 cm³/mol. The summed E-state index contributed by atoms with van der Waals surface area (Å²) < 4.78 is 11.9. The third kappa shape index (κ3) is 2.21. The molecule has 0 radical (unpaired) electrons. The zero-order chi connectivity index (χ0) is 19.7. The molecule has 0 amide bonds. The van der Waals surface area contributed by atoms with Gasteiger partial charge >= 0.3 is 0 Å². The van der Waals surface area contributed by atoms with Crippen LogP contribution < -0.4 is 5.73 Å². The average molecular weight is 363 g/mol. The van der Waals surface area contributed by atoms with E-state index in [1.807, 2.05) is 13.8 Å². The van der Waals surface area contributed by atoms with E-state index in [9.17, 15) is 10.5 Å². The van der Waals surface area contributed by atoms with Crippen LogP contribution in [0.1, 0.15) is 43.7 Å². The number of ether oxygens (including phenoxy) is 2. The third-order valence-corrected chi connectivity index (χ3v) is 5.30. The molecule has 7 heteroatoms. The highest BCUT2D eigenvalue weighted by atomic mass is 16.7. The molecule has 1 aliphatic heterocycles. The number of rotatable bonds is 7. The molecular formula is C20H21N5O2. The normalized spacial score (nSPS) is 29.7. The van der Waals surface area contributed by atoms with Crippen LogP contribution in [0.5, 0.6) is 0 Å². The van der Waals surface area contributed by atoms with Gasteiger partial charge in [0, 0.05) is 5.92 Å². The smallest absolute Gasteiger partial charge is 0.293 e. The van der Waals surface area contributed by atoms with Crippen molar-refractivity contribution >= 4 is 5.84 Å². The Hall–Kier alpha value is -2.92. The minimum Gasteiger partial charge on any atom is -0.386 e. The van der Waals surface area contributed by atoms with E-state index in [-0.39, 0.29) is 5.84 Å². The molecule has 1 aliphatic carbocycles. The van der Waals surface area contributed by atoms with E-state index in [4.69, 9.17) is 20.5 Å². The van der Waals surface area contributed by atoms with Gasteiger partial charge < -0.3 is 15.2 Å². The van der Waals surface area contributed by atoms with Crippen molar-refractivity contribution in [2.45, 2.75) is 38.5 Å². The van der Waals surface area contributed by atoms with E-state index in [0.29, 0.717) is 31.6 Å². The summed E-state index contributed by atoms with van der Waals surface area (Å²) in [7, 11) is 0. The Morgan fingerprint density at radius 3 is 2.07 bits per heavy atom. The van der Waals surface area contributed by atoms with Crippen molar-refractivity contribution in [2.75, 3.05) is 13.2 Å². The van der Waals surface area contributed by atoms with Crippen LogP contribution in [0.15, 0.2) is 29.3 Å². The molecule has 27 heavy (non-hydrogen) atoms. The minimum absolute atomic E-state index is 0.0631. The van der Waals surface area contributed by atoms with Crippen LogP contribution in [0.3, 0.4) is 0 Å². The van der Waals surface area contributed by atoms with Crippen molar-refractivity contribution in [2.24, 2.45) is 21.6 Å². The molecule has 1 saturated carbocycles. The van der Waals surface area contributed by atoms with Gasteiger partial charge in [-0.25, -0.2) is 4.99 Å². The van der Waals surface area contributed by atoms with Gasteiger partial charge in [0.15, 0.2) is 5.41 Å². The molecule has 1 fully saturated rings. The number of nitrogens with zero attached hydrogens (tertiary/aromatic N) is 4. The minimum atomic E-state index is -1.61. The Labute approximate surface area is 158 Å². The van der Waals surface area contributed by atoms with Gasteiger partial charge in [-0.05, 0) is 30.5 Å². The molecule has 0 saturated heterocycles. The summed E-state index contributed by atoms with van der Waals surface area (Å²) in [5, 5.41) is 29.3. The topological polar surface area (TPSA) is 128 Å². The van der Waals surface area contributed by atoms with E-state index in [2.05, 4.69) is 23.2 Å². The van der Waals surface area contributed by atoms with Gasteiger partial charge in [-0.1, -0.05) is 26.0 Å². The predicted octanol–water partition coefficient (Wildman–Crippen LogP) is 2.55. The van der Waals surface area contributed by atoms with Crippen molar-refractivity contribution in [3.63, 3.8) is 0 Å². The van der Waals surface area contributed by atoms with Crippen LogP contribution in [0.4, 0.5) is 0 Å². The highest BCUT2D eigenvalue weighted by Gasteiger charge is 2.93. The number of nitrogens with two attached hydrogens (primary N) is 1. The van der Waals surface area contributed by atoms with Gasteiger partial charge in [0.05, 0.1) is 37.0 Å². The first-order valence-electron chi connectivity index (χ1n) is 8.99. The van der Waals surface area contributed by atoms with Crippen LogP contribution in [0.25, 0.3) is 0 Å². The van der Waals surface area contributed by atoms with Gasteiger partial charge in [0.2, 0.25) is 0 Å². The number of hydrogen-bond donors (Lipinski definition) is 1. The summed E-state index contributed by atoms with van der Waals surface area (Å²) in [6, 6.07) is 13.4. The molecule has 7 nitrogen and oxygen atoms in total. The Morgan fingerprint density at radius 2 is 1.63 bits per heavy atom. The molecule has 0 spiro atoms. The van der Waals surface area contributed by atoms with Crippen LogP contribution in [0, 0.1) is 44.8 Å². The Bertz CT molecular complexity index is 881. The number of hydrogen-bond acceptors (Lipinski definition) is 7. The monoisotopic (exact) mass is 363 g/mol. The quantitative estimate of drug-likeness (QED) is 0.741. The highest BCUT2D eigenvalue weighted by molar-refractivity contribution is 6.00. The van der Waals surface area contributed by atoms with Gasteiger partial charge in [0.25, 0.3) is 5.91 Å². The average Bonchev–Trinajstić information content (AvgIpc) is 3.28. The fourth-order valence-electron chi connectivity index (χ4n) is 4.09. The number of benzene rings is 1. The Balaban J connectivity index is 2.15. The standard InChI is InChI=1S/C20H21N5O2/c1-3-9-26-20(27-10-4-2)19(13-23)16(18(19,12-22)17(24)25-20)15-7-5-14(11-21)6-8-15/h5-8,16H,3-4,9-10H2,1-2H3,(H2,24,25). The molecule has 1 heterocycles. The lowest BCUT2D eigenvalue weighted by molar-refractivity contribution is -0.259. The van der Waals surface area contributed by atoms with E-state index >= 15 is 0 Å². The maximum Gasteiger partial charge on any atom is 0.293 e. The van der Waals surface area contributed by atoms with E-state index < -0.39 is 22.7 Å². The van der Waals surface area contributed by atoms with Crippen LogP contribution in [-0.4, -0.2) is 25.0 Å². The fraction of sp³-hybridized carbons (Fsp3) is 0.500. The van der Waals surface area contributed by atoms with E-state index in [1.165, 1.54) is 0 Å². The number of fused-ring (bicyclic) bond motifs is 1. The molecule has 3 unspecified atom stereocenters. The van der Waals surface area contributed by atoms with Crippen molar-refractivity contribution in [1.29, 1.82) is 15.8 Å². The van der Waals surface area contributed by atoms with E-state index in [0.717, 1.165) is 5.56 Å². The Morgan fingerprint density at radius 1 is 1.04 bits per heavy atom. The first kappa shape index (κ1) is 18.9. The van der Waals surface area contributed by atoms with E-state index in [1.54, 1.807) is 24.3 Å². The second-order valence-electron chi connectivity index (χ2n) is 6.78. The molecule has 0 bridgehead atoms. The molecular weight excluding hydrogens is 342 g/mol. The van der Waals surface area contributed by atoms with Crippen molar-refractivity contribution in [3.8, 4) is 18.2 Å². The molecule has 1 aromatic carbocycles. The molecule has 2 N–H and O–H groups in total. The van der Waals surface area contributed by atoms with Crippen LogP contribution in [0.2, 0.25) is 0 Å². The zero-order valence-corrected chi connectivity index (χ0v) is 15.4. The van der Waals surface area contributed by atoms with Gasteiger partial charge in [-0.2, -0.15) is 15.8 Å². The SMILES string of the molecule is CCCOC1(OCCC)N=C(N)C2(C#N)C(c3ccc(C#N)cc3)C12C#N. The van der Waals surface area contributed by atoms with Crippen LogP contribution in [-0.2, 0) is 9.47 Å². The molecule has 1 aromatic rings. The molecule has 3 atom stereocenters. The first-order chi connectivity index (χ1) is 13.0. The summed E-state index contributed by atoms with van der Waals surface area (Å²) in [4.78, 5) is 4.37. The first-order valence-corrected chi connectivity index (χ1v) is 8.99. The van der Waals surface area contributed by atoms with Gasteiger partial charge in [0.1, 0.15) is 11.3 Å². The number of nitriles is 3. The summed E-state index contributed by atoms with van der Waals surface area (Å²) >= 11 is 0. The van der Waals surface area contributed by atoms with Gasteiger partial charge in [-0.3, -0.25) is 0 Å². The zero-order valence-electron chi connectivity index (χ0n) is 15.4. The molecule has 2 aliphatic rings. The summed E-state index contributed by atoms with van der Waals surface area (Å²) in [5.74, 6) is -2.08. The van der Waals surface area contributed by atoms with Crippen LogP contribution >= 0.6 is 0 Å². The van der Waals surface area contributed by atoms with Crippen molar-refractivity contribution in [3.05, 3.63) is 35.4 Å². The third-order valence-electron chi connectivity index (χ3n) is 5.30. The highest BCUT2D eigenvalue weighted by Crippen LogP contribution is 2.82. The summed E-state index contributed by atoms with van der Waals surface area (Å²) in [6.45, 7) is 4.53. The fourth-order valence-corrected chi connectivity index (χ4v) is 4.09. The molecule has 3 rings (SSSR count). The number of aliphatic imine (C=N–C) groups is 1. The maximum absolute atomic E-state index is 10.2. The number of amidine groups is 1. The van der Waals surface area contributed by atoms with Crippen molar-refractivity contribution in [1.82, 2.24) is 0 Å². The Kier molecular flexibility index (Phi) is 4.66. The lowest BCUT2D eigenvalue weighted by Gasteiger charge is -2.32. The lowest BCUT2D eigenvalue weighted by atomic mass is 9.93. The van der Waals surface area contributed by atoms with Crippen molar-refractivity contribution < 1.29 is 9.47 Å². The second-order valence-corrected chi connectivity index (χ2v) is 6.78. The lowest BCUT2D eigenvalue weighted by Crippen LogP contribution is -2.44. The molecule has 138 valence electrons. The van der Waals surface area contributed by atoms with Gasteiger partial charge in [-0.15, -0.1) is 0 Å². The largest absolute Gasteiger partial charge is 0.386 e. The molecule has 0 aromatic heterocycles. The second kappa shape index (κ2) is 6.67.